The first kappa shape index (κ1) is 18.6. The number of methoxy groups -OCH3 is 1. The Hall–Kier alpha value is -3.20. The highest BCUT2D eigenvalue weighted by atomic mass is 32.2. The van der Waals surface area contributed by atoms with Gasteiger partial charge < -0.3 is 19.0 Å². The van der Waals surface area contributed by atoms with Crippen LogP contribution in [0.15, 0.2) is 39.7 Å². The molecule has 1 N–H and O–H groups in total. The Balaban J connectivity index is 1.75. The molecule has 0 saturated carbocycles. The van der Waals surface area contributed by atoms with Crippen molar-refractivity contribution < 1.29 is 33.4 Å². The second-order valence-corrected chi connectivity index (χ2v) is 6.50. The number of thioether (sulfide) groups is 1. The molecular weight excluding hydrogens is 374 g/mol. The number of benzene rings is 1. The second-order valence-electron chi connectivity index (χ2n) is 5.51. The van der Waals surface area contributed by atoms with Crippen LogP contribution in [-0.4, -0.2) is 41.3 Å². The van der Waals surface area contributed by atoms with E-state index >= 15 is 0 Å². The smallest absolute Gasteiger partial charge is 0.371 e. The number of nitrogens with zero attached hydrogens (tertiary/aromatic N) is 1. The first-order chi connectivity index (χ1) is 12.9. The molecule has 1 aromatic carbocycles. The van der Waals surface area contributed by atoms with Crippen LogP contribution in [0.2, 0.25) is 0 Å². The highest BCUT2D eigenvalue weighted by Crippen LogP contribution is 2.34. The first-order valence-corrected chi connectivity index (χ1v) is 8.55. The topological polar surface area (TPSA) is 106 Å². The molecule has 1 aliphatic heterocycles. The molecule has 1 fully saturated rings. The molecule has 1 aliphatic rings. The van der Waals surface area contributed by atoms with Crippen molar-refractivity contribution in [3.63, 3.8) is 0 Å². The van der Waals surface area contributed by atoms with Gasteiger partial charge in [0.2, 0.25) is 5.76 Å². The van der Waals surface area contributed by atoms with Gasteiger partial charge in [-0.3, -0.25) is 14.5 Å². The van der Waals surface area contributed by atoms with Crippen LogP contribution in [0.1, 0.15) is 21.9 Å². The van der Waals surface area contributed by atoms with E-state index in [0.29, 0.717) is 27.7 Å². The molecule has 1 aromatic heterocycles. The lowest BCUT2D eigenvalue weighted by Gasteiger charge is -2.10. The van der Waals surface area contributed by atoms with Crippen LogP contribution in [0.5, 0.6) is 11.5 Å². The number of carbonyl (C=O) groups is 3. The van der Waals surface area contributed by atoms with Gasteiger partial charge in [0.1, 0.15) is 12.4 Å². The van der Waals surface area contributed by atoms with Crippen molar-refractivity contribution in [2.75, 3.05) is 14.2 Å². The number of carboxylic acid groups (broad SMARTS) is 1. The lowest BCUT2D eigenvalue weighted by Crippen LogP contribution is -2.22. The summed E-state index contributed by atoms with van der Waals surface area (Å²) >= 11 is 0.873. The Morgan fingerprint density at radius 1 is 1.26 bits per heavy atom. The highest BCUT2D eigenvalue weighted by molar-refractivity contribution is 8.18. The number of imide groups is 1. The van der Waals surface area contributed by atoms with Gasteiger partial charge in [0.05, 0.1) is 12.0 Å². The van der Waals surface area contributed by atoms with Crippen molar-refractivity contribution in [2.24, 2.45) is 0 Å². The summed E-state index contributed by atoms with van der Waals surface area (Å²) in [6.07, 6.45) is 1.60. The number of aromatic carboxylic acids is 1. The Morgan fingerprint density at radius 3 is 2.63 bits per heavy atom. The molecule has 140 valence electrons. The fraction of sp³-hybridized carbons (Fsp3) is 0.167. The predicted molar refractivity (Wildman–Crippen MR) is 96.7 cm³/mol. The van der Waals surface area contributed by atoms with Crippen molar-refractivity contribution in [1.82, 2.24) is 4.90 Å². The van der Waals surface area contributed by atoms with Crippen molar-refractivity contribution in [3.05, 3.63) is 52.3 Å². The number of hydrogen-bond acceptors (Lipinski definition) is 7. The monoisotopic (exact) mass is 389 g/mol. The SMILES string of the molecule is COc1cc(C=C2SC(=O)N(C)C2=O)ccc1OCc1ccc(C(=O)O)o1. The summed E-state index contributed by atoms with van der Waals surface area (Å²) in [6, 6.07) is 7.91. The molecule has 2 aromatic rings. The van der Waals surface area contributed by atoms with Crippen LogP contribution < -0.4 is 9.47 Å². The molecule has 1 saturated heterocycles. The maximum Gasteiger partial charge on any atom is 0.371 e. The number of carboxylic acids is 1. The van der Waals surface area contributed by atoms with Crippen LogP contribution in [0, 0.1) is 0 Å². The predicted octanol–water partition coefficient (Wildman–Crippen LogP) is 3.23. The summed E-state index contributed by atoms with van der Waals surface area (Å²) in [6.45, 7) is 0.0255. The maximum absolute atomic E-state index is 12.0. The lowest BCUT2D eigenvalue weighted by atomic mass is 10.2. The zero-order valence-corrected chi connectivity index (χ0v) is 15.2. The number of ether oxygens (including phenoxy) is 2. The third kappa shape index (κ3) is 3.98. The minimum atomic E-state index is -1.15. The van der Waals surface area contributed by atoms with E-state index in [1.807, 2.05) is 0 Å². The fourth-order valence-electron chi connectivity index (χ4n) is 2.31. The van der Waals surface area contributed by atoms with Gasteiger partial charge in [-0.1, -0.05) is 6.07 Å². The standard InChI is InChI=1S/C18H15NO7S/c1-19-16(20)15(27-18(19)23)8-10-3-5-12(14(7-10)24-2)25-9-11-4-6-13(26-11)17(21)22/h3-8H,9H2,1-2H3,(H,21,22). The van der Waals surface area contributed by atoms with Gasteiger partial charge in [0.15, 0.2) is 11.5 Å². The van der Waals surface area contributed by atoms with Gasteiger partial charge in [-0.05, 0) is 47.7 Å². The highest BCUT2D eigenvalue weighted by Gasteiger charge is 2.31. The molecule has 0 aliphatic carbocycles. The van der Waals surface area contributed by atoms with E-state index in [-0.39, 0.29) is 23.5 Å². The summed E-state index contributed by atoms with van der Waals surface area (Å²) in [5.74, 6) is -0.469. The molecule has 3 rings (SSSR count). The van der Waals surface area contributed by atoms with Gasteiger partial charge in [0, 0.05) is 7.05 Å². The van der Waals surface area contributed by atoms with Gasteiger partial charge >= 0.3 is 5.97 Å². The summed E-state index contributed by atoms with van der Waals surface area (Å²) in [4.78, 5) is 35.7. The molecule has 8 nitrogen and oxygen atoms in total. The minimum absolute atomic E-state index is 0.0255. The van der Waals surface area contributed by atoms with Gasteiger partial charge in [-0.15, -0.1) is 0 Å². The molecule has 0 atom stereocenters. The van der Waals surface area contributed by atoms with Crippen LogP contribution in [0.3, 0.4) is 0 Å². The van der Waals surface area contributed by atoms with E-state index in [9.17, 15) is 14.4 Å². The summed E-state index contributed by atoms with van der Waals surface area (Å²) in [5, 5.41) is 8.53. The molecule has 2 heterocycles. The minimum Gasteiger partial charge on any atom is -0.493 e. The molecule has 2 amide bonds. The van der Waals surface area contributed by atoms with Crippen molar-refractivity contribution in [1.29, 1.82) is 0 Å². The van der Waals surface area contributed by atoms with Crippen molar-refractivity contribution >= 4 is 35.0 Å². The van der Waals surface area contributed by atoms with E-state index in [2.05, 4.69) is 0 Å². The van der Waals surface area contributed by atoms with Crippen LogP contribution in [0.4, 0.5) is 4.79 Å². The molecule has 0 spiro atoms. The fourth-order valence-corrected chi connectivity index (χ4v) is 3.14. The van der Waals surface area contributed by atoms with Crippen molar-refractivity contribution in [2.45, 2.75) is 6.61 Å². The number of likely N-dealkylation sites (N-methyl/N-ethyl adjacent to an activating group) is 1. The number of rotatable bonds is 6. The maximum atomic E-state index is 12.0. The van der Waals surface area contributed by atoms with E-state index in [4.69, 9.17) is 19.0 Å². The number of hydrogen-bond donors (Lipinski definition) is 1. The Morgan fingerprint density at radius 2 is 2.04 bits per heavy atom. The number of carbonyl (C=O) groups excluding carboxylic acids is 2. The molecule has 0 bridgehead atoms. The van der Waals surface area contributed by atoms with Gasteiger partial charge in [-0.25, -0.2) is 4.79 Å². The van der Waals surface area contributed by atoms with E-state index in [1.54, 1.807) is 24.3 Å². The molecule has 9 heteroatoms. The Labute approximate surface area is 158 Å². The first-order valence-electron chi connectivity index (χ1n) is 7.73. The molecule has 27 heavy (non-hydrogen) atoms. The quantitative estimate of drug-likeness (QED) is 0.751. The number of amides is 2. The average Bonchev–Trinajstić information content (AvgIpc) is 3.22. The number of furan rings is 1. The second kappa shape index (κ2) is 7.58. The van der Waals surface area contributed by atoms with E-state index < -0.39 is 5.97 Å². The van der Waals surface area contributed by atoms with Crippen LogP contribution in [-0.2, 0) is 11.4 Å². The normalized spacial score (nSPS) is 15.5. The molecule has 0 radical (unpaired) electrons. The largest absolute Gasteiger partial charge is 0.493 e. The van der Waals surface area contributed by atoms with Gasteiger partial charge in [0.25, 0.3) is 11.1 Å². The van der Waals surface area contributed by atoms with Crippen LogP contribution in [0.25, 0.3) is 6.08 Å². The zero-order valence-electron chi connectivity index (χ0n) is 14.4. The third-order valence-corrected chi connectivity index (χ3v) is 4.68. The summed E-state index contributed by atoms with van der Waals surface area (Å²) in [5.41, 5.74) is 0.671. The molecular formula is C18H15NO7S. The van der Waals surface area contributed by atoms with Gasteiger partial charge in [-0.2, -0.15) is 0 Å². The van der Waals surface area contributed by atoms with Crippen LogP contribution >= 0.6 is 11.8 Å². The zero-order chi connectivity index (χ0) is 19.6. The Kier molecular flexibility index (Phi) is 5.22. The Bertz CT molecular complexity index is 947. The lowest BCUT2D eigenvalue weighted by molar-refractivity contribution is -0.121. The van der Waals surface area contributed by atoms with Crippen molar-refractivity contribution in [3.8, 4) is 11.5 Å². The summed E-state index contributed by atoms with van der Waals surface area (Å²) in [7, 11) is 2.90. The summed E-state index contributed by atoms with van der Waals surface area (Å²) < 4.78 is 16.1. The third-order valence-electron chi connectivity index (χ3n) is 3.71. The van der Waals surface area contributed by atoms with E-state index in [0.717, 1.165) is 16.7 Å². The average molecular weight is 389 g/mol. The molecule has 0 unspecified atom stereocenters. The van der Waals surface area contributed by atoms with E-state index in [1.165, 1.54) is 26.3 Å².